The Morgan fingerprint density at radius 1 is 1.20 bits per heavy atom. The van der Waals surface area contributed by atoms with Crippen LogP contribution in [0.15, 0.2) is 42.5 Å². The van der Waals surface area contributed by atoms with Crippen molar-refractivity contribution in [2.75, 3.05) is 23.8 Å². The standard InChI is InChI=1S/C20H23N3O2/c1-23-10-4-6-14-11-15(8-9-17(14)23)21-20(25)22-19-16-7-3-2-5-13(16)12-18(19)24/h2-3,5,7-9,11,18-19,24H,4,6,10,12H2,1H3,(H2,21,22,25)/t18-,19+/m0/s1. The first kappa shape index (κ1) is 16.0. The third kappa shape index (κ3) is 3.07. The van der Waals surface area contributed by atoms with E-state index >= 15 is 0 Å². The molecule has 1 aliphatic carbocycles. The fourth-order valence-electron chi connectivity index (χ4n) is 3.92. The lowest BCUT2D eigenvalue weighted by atomic mass is 10.0. The van der Waals surface area contributed by atoms with Crippen LogP contribution in [-0.4, -0.2) is 30.8 Å². The molecule has 2 amide bonds. The number of nitrogens with zero attached hydrogens (tertiary/aromatic N) is 1. The maximum absolute atomic E-state index is 12.4. The van der Waals surface area contributed by atoms with Gasteiger partial charge in [-0.3, -0.25) is 0 Å². The van der Waals surface area contributed by atoms with Crippen LogP contribution in [0.3, 0.4) is 0 Å². The Kier molecular flexibility index (Phi) is 4.09. The molecular weight excluding hydrogens is 314 g/mol. The van der Waals surface area contributed by atoms with Crippen LogP contribution in [0, 0.1) is 0 Å². The molecule has 0 spiro atoms. The summed E-state index contributed by atoms with van der Waals surface area (Å²) in [7, 11) is 2.09. The summed E-state index contributed by atoms with van der Waals surface area (Å²) in [5.74, 6) is 0. The zero-order chi connectivity index (χ0) is 17.4. The molecule has 0 fully saturated rings. The van der Waals surface area contributed by atoms with Gasteiger partial charge in [0.2, 0.25) is 0 Å². The predicted molar refractivity (Wildman–Crippen MR) is 99.1 cm³/mol. The minimum absolute atomic E-state index is 0.287. The Balaban J connectivity index is 1.46. The second-order valence-corrected chi connectivity index (χ2v) is 6.92. The number of urea groups is 1. The number of benzene rings is 2. The van der Waals surface area contributed by atoms with Crippen molar-refractivity contribution in [3.63, 3.8) is 0 Å². The van der Waals surface area contributed by atoms with E-state index in [-0.39, 0.29) is 12.1 Å². The van der Waals surface area contributed by atoms with Crippen molar-refractivity contribution in [2.24, 2.45) is 0 Å². The SMILES string of the molecule is CN1CCCc2cc(NC(=O)N[C@@H]3c4ccccc4C[C@@H]3O)ccc21. The lowest BCUT2D eigenvalue weighted by Gasteiger charge is -2.28. The van der Waals surface area contributed by atoms with Crippen molar-refractivity contribution >= 4 is 17.4 Å². The monoisotopic (exact) mass is 337 g/mol. The van der Waals surface area contributed by atoms with E-state index in [4.69, 9.17) is 0 Å². The maximum atomic E-state index is 12.4. The van der Waals surface area contributed by atoms with Gasteiger partial charge in [-0.25, -0.2) is 4.79 Å². The summed E-state index contributed by atoms with van der Waals surface area (Å²) in [5.41, 5.74) is 5.37. The van der Waals surface area contributed by atoms with E-state index in [0.29, 0.717) is 6.42 Å². The molecule has 2 aromatic carbocycles. The quantitative estimate of drug-likeness (QED) is 0.789. The number of amides is 2. The number of hydrogen-bond acceptors (Lipinski definition) is 3. The zero-order valence-electron chi connectivity index (χ0n) is 14.3. The van der Waals surface area contributed by atoms with Gasteiger partial charge in [-0.1, -0.05) is 24.3 Å². The van der Waals surface area contributed by atoms with Gasteiger partial charge in [0.15, 0.2) is 0 Å². The van der Waals surface area contributed by atoms with Crippen LogP contribution >= 0.6 is 0 Å². The molecular formula is C20H23N3O2. The van der Waals surface area contributed by atoms with E-state index in [1.807, 2.05) is 36.4 Å². The van der Waals surface area contributed by atoms with Gasteiger partial charge in [-0.2, -0.15) is 0 Å². The molecule has 5 nitrogen and oxygen atoms in total. The van der Waals surface area contributed by atoms with Gasteiger partial charge < -0.3 is 20.6 Å². The summed E-state index contributed by atoms with van der Waals surface area (Å²) in [5, 5.41) is 16.1. The lowest BCUT2D eigenvalue weighted by Crippen LogP contribution is -2.36. The zero-order valence-corrected chi connectivity index (χ0v) is 14.3. The van der Waals surface area contributed by atoms with E-state index in [1.54, 1.807) is 0 Å². The van der Waals surface area contributed by atoms with Crippen LogP contribution in [0.2, 0.25) is 0 Å². The minimum Gasteiger partial charge on any atom is -0.390 e. The number of fused-ring (bicyclic) bond motifs is 2. The maximum Gasteiger partial charge on any atom is 0.319 e. The third-order valence-electron chi connectivity index (χ3n) is 5.18. The number of carbonyl (C=O) groups is 1. The summed E-state index contributed by atoms with van der Waals surface area (Å²) >= 11 is 0. The fraction of sp³-hybridized carbons (Fsp3) is 0.350. The van der Waals surface area contributed by atoms with Crippen LogP contribution < -0.4 is 15.5 Å². The average Bonchev–Trinajstić information content (AvgIpc) is 2.91. The molecule has 0 saturated carbocycles. The van der Waals surface area contributed by atoms with Gasteiger partial charge in [-0.15, -0.1) is 0 Å². The predicted octanol–water partition coefficient (Wildman–Crippen LogP) is 2.85. The van der Waals surface area contributed by atoms with Gasteiger partial charge in [-0.05, 0) is 47.7 Å². The molecule has 0 bridgehead atoms. The molecule has 25 heavy (non-hydrogen) atoms. The number of carbonyl (C=O) groups excluding carboxylic acids is 1. The number of aliphatic hydroxyl groups is 1. The van der Waals surface area contributed by atoms with Crippen molar-refractivity contribution in [2.45, 2.75) is 31.4 Å². The molecule has 0 aromatic heterocycles. The second kappa shape index (κ2) is 6.41. The van der Waals surface area contributed by atoms with Gasteiger partial charge >= 0.3 is 6.03 Å². The van der Waals surface area contributed by atoms with Crippen LogP contribution in [0.1, 0.15) is 29.2 Å². The molecule has 3 N–H and O–H groups in total. The number of aliphatic hydroxyl groups excluding tert-OH is 1. The van der Waals surface area contributed by atoms with E-state index in [2.05, 4.69) is 28.6 Å². The van der Waals surface area contributed by atoms with Gasteiger partial charge in [0.25, 0.3) is 0 Å². The Labute approximate surface area is 147 Å². The molecule has 2 aliphatic rings. The summed E-state index contributed by atoms with van der Waals surface area (Å²) in [4.78, 5) is 14.7. The number of nitrogens with one attached hydrogen (secondary N) is 2. The van der Waals surface area contributed by atoms with Crippen LogP contribution in [0.4, 0.5) is 16.2 Å². The largest absolute Gasteiger partial charge is 0.390 e. The normalized spacial score (nSPS) is 21.4. The molecule has 0 saturated heterocycles. The summed E-state index contributed by atoms with van der Waals surface area (Å²) in [6.07, 6.45) is 2.16. The highest BCUT2D eigenvalue weighted by molar-refractivity contribution is 5.90. The Hall–Kier alpha value is -2.53. The van der Waals surface area contributed by atoms with Crippen molar-refractivity contribution in [3.05, 3.63) is 59.2 Å². The highest BCUT2D eigenvalue weighted by atomic mass is 16.3. The second-order valence-electron chi connectivity index (χ2n) is 6.92. The minimum atomic E-state index is -0.583. The molecule has 0 unspecified atom stereocenters. The Morgan fingerprint density at radius 2 is 2.04 bits per heavy atom. The first-order valence-electron chi connectivity index (χ1n) is 8.79. The number of anilines is 2. The van der Waals surface area contributed by atoms with Crippen molar-refractivity contribution in [1.82, 2.24) is 5.32 Å². The molecule has 130 valence electrons. The van der Waals surface area contributed by atoms with Crippen LogP contribution in [0.5, 0.6) is 0 Å². The molecule has 1 heterocycles. The molecule has 4 rings (SSSR count). The first-order chi connectivity index (χ1) is 12.1. The third-order valence-corrected chi connectivity index (χ3v) is 5.18. The van der Waals surface area contributed by atoms with Crippen LogP contribution in [0.25, 0.3) is 0 Å². The first-order valence-corrected chi connectivity index (χ1v) is 8.79. The van der Waals surface area contributed by atoms with Crippen molar-refractivity contribution < 1.29 is 9.90 Å². The van der Waals surface area contributed by atoms with E-state index < -0.39 is 6.10 Å². The van der Waals surface area contributed by atoms with E-state index in [0.717, 1.165) is 36.2 Å². The highest BCUT2D eigenvalue weighted by Gasteiger charge is 2.31. The molecule has 2 atom stereocenters. The number of rotatable bonds is 2. The molecule has 2 aromatic rings. The molecule has 5 heteroatoms. The smallest absolute Gasteiger partial charge is 0.319 e. The van der Waals surface area contributed by atoms with Crippen LogP contribution in [-0.2, 0) is 12.8 Å². The van der Waals surface area contributed by atoms with Gasteiger partial charge in [0.1, 0.15) is 0 Å². The summed E-state index contributed by atoms with van der Waals surface area (Å²) in [6, 6.07) is 13.2. The Bertz CT molecular complexity index is 805. The van der Waals surface area contributed by atoms with Crippen molar-refractivity contribution in [3.8, 4) is 0 Å². The van der Waals surface area contributed by atoms with E-state index in [9.17, 15) is 9.90 Å². The molecule has 1 aliphatic heterocycles. The summed E-state index contributed by atoms with van der Waals surface area (Å²) < 4.78 is 0. The number of aryl methyl sites for hydroxylation is 1. The van der Waals surface area contributed by atoms with E-state index in [1.165, 1.54) is 11.3 Å². The fourth-order valence-corrected chi connectivity index (χ4v) is 3.92. The lowest BCUT2D eigenvalue weighted by molar-refractivity contribution is 0.144. The van der Waals surface area contributed by atoms with Gasteiger partial charge in [0, 0.05) is 31.4 Å². The number of hydrogen-bond donors (Lipinski definition) is 3. The highest BCUT2D eigenvalue weighted by Crippen LogP contribution is 2.32. The van der Waals surface area contributed by atoms with Gasteiger partial charge in [0.05, 0.1) is 12.1 Å². The Morgan fingerprint density at radius 3 is 2.92 bits per heavy atom. The average molecular weight is 337 g/mol. The summed E-state index contributed by atoms with van der Waals surface area (Å²) in [6.45, 7) is 1.07. The van der Waals surface area contributed by atoms with Crippen molar-refractivity contribution in [1.29, 1.82) is 0 Å². The topological polar surface area (TPSA) is 64.6 Å². The molecule has 0 radical (unpaired) electrons.